The van der Waals surface area contributed by atoms with Gasteiger partial charge >= 0.3 is 5.97 Å². The minimum atomic E-state index is -0.909. The first-order chi connectivity index (χ1) is 9.63. The smallest absolute Gasteiger partial charge is 0.328 e. The van der Waals surface area contributed by atoms with Gasteiger partial charge in [0.25, 0.3) is 0 Å². The van der Waals surface area contributed by atoms with Crippen molar-refractivity contribution < 1.29 is 9.90 Å². The Hall–Kier alpha value is -1.52. The molecular weight excluding hydrogens is 288 g/mol. The molecule has 0 unspecified atom stereocenters. The highest BCUT2D eigenvalue weighted by molar-refractivity contribution is 7.97. The highest BCUT2D eigenvalue weighted by Crippen LogP contribution is 2.24. The van der Waals surface area contributed by atoms with Crippen molar-refractivity contribution in [2.75, 3.05) is 0 Å². The highest BCUT2D eigenvalue weighted by Gasteiger charge is 2.00. The first-order valence-corrected chi connectivity index (χ1v) is 8.23. The molecule has 2 aromatic rings. The largest absolute Gasteiger partial charge is 0.478 e. The van der Waals surface area contributed by atoms with Crippen LogP contribution in [0.4, 0.5) is 0 Å². The summed E-state index contributed by atoms with van der Waals surface area (Å²) in [6, 6.07) is 12.6. The molecule has 0 spiro atoms. The van der Waals surface area contributed by atoms with Crippen molar-refractivity contribution in [3.05, 3.63) is 63.4 Å². The van der Waals surface area contributed by atoms with E-state index in [0.717, 1.165) is 16.4 Å². The third kappa shape index (κ3) is 4.87. The van der Waals surface area contributed by atoms with Crippen LogP contribution in [0.25, 0.3) is 6.08 Å². The Labute approximate surface area is 127 Å². The van der Waals surface area contributed by atoms with Crippen molar-refractivity contribution in [3.8, 4) is 0 Å². The van der Waals surface area contributed by atoms with Crippen LogP contribution in [0.15, 0.2) is 42.5 Å². The molecule has 104 valence electrons. The molecule has 4 heteroatoms. The van der Waals surface area contributed by atoms with Gasteiger partial charge in [0.05, 0.1) is 0 Å². The highest BCUT2D eigenvalue weighted by atomic mass is 32.2. The summed E-state index contributed by atoms with van der Waals surface area (Å²) in [6.45, 7) is 2.11. The normalized spacial score (nSPS) is 11.1. The number of hydrogen-bond acceptors (Lipinski definition) is 3. The van der Waals surface area contributed by atoms with Gasteiger partial charge in [-0.3, -0.25) is 0 Å². The van der Waals surface area contributed by atoms with Gasteiger partial charge in [-0.1, -0.05) is 29.8 Å². The number of carboxylic acid groups (broad SMARTS) is 1. The lowest BCUT2D eigenvalue weighted by Gasteiger charge is -2.01. The monoisotopic (exact) mass is 304 g/mol. The minimum Gasteiger partial charge on any atom is -0.478 e. The van der Waals surface area contributed by atoms with Crippen LogP contribution in [-0.4, -0.2) is 11.1 Å². The van der Waals surface area contributed by atoms with Gasteiger partial charge < -0.3 is 5.11 Å². The van der Waals surface area contributed by atoms with E-state index in [1.54, 1.807) is 17.4 Å². The third-order valence-electron chi connectivity index (χ3n) is 2.67. The second-order valence-electron chi connectivity index (χ2n) is 4.46. The Kier molecular flexibility index (Phi) is 5.44. The van der Waals surface area contributed by atoms with Crippen molar-refractivity contribution in [2.24, 2.45) is 0 Å². The van der Waals surface area contributed by atoms with Gasteiger partial charge in [0.2, 0.25) is 0 Å². The first kappa shape index (κ1) is 14.9. The fraction of sp³-hybridized carbons (Fsp3) is 0.188. The van der Waals surface area contributed by atoms with Gasteiger partial charge in [0.1, 0.15) is 0 Å². The lowest BCUT2D eigenvalue weighted by molar-refractivity contribution is -0.131. The molecule has 2 rings (SSSR count). The van der Waals surface area contributed by atoms with E-state index in [9.17, 15) is 4.79 Å². The number of thioether (sulfide) groups is 1. The van der Waals surface area contributed by atoms with E-state index in [2.05, 4.69) is 37.3 Å². The molecule has 0 aliphatic rings. The zero-order valence-electron chi connectivity index (χ0n) is 11.2. The summed E-state index contributed by atoms with van der Waals surface area (Å²) >= 11 is 3.52. The number of carboxylic acids is 1. The number of benzene rings is 1. The van der Waals surface area contributed by atoms with Crippen molar-refractivity contribution >= 4 is 35.1 Å². The zero-order valence-corrected chi connectivity index (χ0v) is 12.8. The molecule has 0 aliphatic heterocycles. The molecule has 1 N–H and O–H groups in total. The van der Waals surface area contributed by atoms with Crippen LogP contribution >= 0.6 is 23.1 Å². The maximum atomic E-state index is 10.4. The Morgan fingerprint density at radius 2 is 2.15 bits per heavy atom. The quantitative estimate of drug-likeness (QED) is 0.793. The van der Waals surface area contributed by atoms with Crippen molar-refractivity contribution in [1.29, 1.82) is 0 Å². The van der Waals surface area contributed by atoms with E-state index in [-0.39, 0.29) is 0 Å². The van der Waals surface area contributed by atoms with Crippen LogP contribution in [0.2, 0.25) is 0 Å². The average molecular weight is 304 g/mol. The van der Waals surface area contributed by atoms with Gasteiger partial charge in [0, 0.05) is 27.3 Å². The van der Waals surface area contributed by atoms with Crippen LogP contribution in [-0.2, 0) is 16.3 Å². The van der Waals surface area contributed by atoms with Gasteiger partial charge in [0.15, 0.2) is 0 Å². The maximum Gasteiger partial charge on any atom is 0.328 e. The van der Waals surface area contributed by atoms with Gasteiger partial charge in [-0.2, -0.15) is 11.8 Å². The summed E-state index contributed by atoms with van der Waals surface area (Å²) in [5, 5.41) is 8.59. The van der Waals surface area contributed by atoms with E-state index >= 15 is 0 Å². The molecular formula is C16H16O2S2. The number of thiophene rings is 1. The van der Waals surface area contributed by atoms with Crippen molar-refractivity contribution in [3.63, 3.8) is 0 Å². The lowest BCUT2D eigenvalue weighted by Crippen LogP contribution is -1.84. The average Bonchev–Trinajstić information content (AvgIpc) is 2.84. The van der Waals surface area contributed by atoms with Crippen LogP contribution in [0, 0.1) is 6.92 Å². The molecule has 0 radical (unpaired) electrons. The predicted molar refractivity (Wildman–Crippen MR) is 87.2 cm³/mol. The molecule has 1 heterocycles. The second kappa shape index (κ2) is 7.31. The van der Waals surface area contributed by atoms with E-state index in [1.165, 1.54) is 22.1 Å². The number of rotatable bonds is 6. The number of aliphatic carboxylic acids is 1. The van der Waals surface area contributed by atoms with E-state index in [0.29, 0.717) is 0 Å². The Bertz CT molecular complexity index is 614. The summed E-state index contributed by atoms with van der Waals surface area (Å²) < 4.78 is 0. The molecule has 0 aliphatic carbocycles. The fourth-order valence-electron chi connectivity index (χ4n) is 1.79. The third-order valence-corrected chi connectivity index (χ3v) is 4.95. The van der Waals surface area contributed by atoms with Crippen LogP contribution in [0.3, 0.4) is 0 Å². The molecule has 1 aromatic carbocycles. The molecule has 20 heavy (non-hydrogen) atoms. The van der Waals surface area contributed by atoms with Gasteiger partial charge in [-0.15, -0.1) is 11.3 Å². The Morgan fingerprint density at radius 3 is 2.90 bits per heavy atom. The van der Waals surface area contributed by atoms with Crippen molar-refractivity contribution in [1.82, 2.24) is 0 Å². The van der Waals surface area contributed by atoms with Gasteiger partial charge in [-0.25, -0.2) is 4.79 Å². The van der Waals surface area contributed by atoms with E-state index in [1.807, 2.05) is 17.8 Å². The molecule has 2 nitrogen and oxygen atoms in total. The molecule has 1 aromatic heterocycles. The molecule has 0 saturated carbocycles. The maximum absolute atomic E-state index is 10.4. The Morgan fingerprint density at radius 1 is 1.30 bits per heavy atom. The minimum absolute atomic E-state index is 0.909. The first-order valence-electron chi connectivity index (χ1n) is 6.26. The zero-order chi connectivity index (χ0) is 14.4. The summed E-state index contributed by atoms with van der Waals surface area (Å²) in [5.41, 5.74) is 2.64. The van der Waals surface area contributed by atoms with Crippen LogP contribution in [0.5, 0.6) is 0 Å². The number of carbonyl (C=O) groups is 1. The predicted octanol–water partition coefficient (Wildman–Crippen LogP) is 4.59. The Balaban J connectivity index is 1.84. The molecule has 0 atom stereocenters. The van der Waals surface area contributed by atoms with Crippen LogP contribution in [0.1, 0.15) is 20.9 Å². The van der Waals surface area contributed by atoms with E-state index in [4.69, 9.17) is 5.11 Å². The lowest BCUT2D eigenvalue weighted by atomic mass is 10.2. The number of aryl methyl sites for hydroxylation is 1. The fourth-order valence-corrected chi connectivity index (χ4v) is 3.80. The molecule has 0 saturated heterocycles. The summed E-state index contributed by atoms with van der Waals surface area (Å²) in [7, 11) is 0. The van der Waals surface area contributed by atoms with Crippen LogP contribution < -0.4 is 0 Å². The summed E-state index contributed by atoms with van der Waals surface area (Å²) in [5.74, 6) is 1.05. The SMILES string of the molecule is Cc1cccc(CSCc2ccc(C=CC(=O)O)s2)c1. The van der Waals surface area contributed by atoms with Crippen molar-refractivity contribution in [2.45, 2.75) is 18.4 Å². The topological polar surface area (TPSA) is 37.3 Å². The molecule has 0 amide bonds. The summed E-state index contributed by atoms with van der Waals surface area (Å²) in [6.07, 6.45) is 2.82. The second-order valence-corrected chi connectivity index (χ2v) is 6.64. The van der Waals surface area contributed by atoms with E-state index < -0.39 is 5.97 Å². The van der Waals surface area contributed by atoms with Gasteiger partial charge in [-0.05, 0) is 30.7 Å². The molecule has 0 bridgehead atoms. The number of hydrogen-bond donors (Lipinski definition) is 1. The standard InChI is InChI=1S/C16H16O2S2/c1-12-3-2-4-13(9-12)10-19-11-15-6-5-14(20-15)7-8-16(17)18/h2-9H,10-11H2,1H3,(H,17,18). The summed E-state index contributed by atoms with van der Waals surface area (Å²) in [4.78, 5) is 12.7. The molecule has 0 fully saturated rings.